The van der Waals surface area contributed by atoms with Gasteiger partial charge in [0.2, 0.25) is 0 Å². The van der Waals surface area contributed by atoms with Crippen molar-refractivity contribution in [2.45, 2.75) is 6.42 Å². The zero-order chi connectivity index (χ0) is 14.5. The molecule has 2 aromatic carbocycles. The smallest absolute Gasteiger partial charge is 0.337 e. The number of hydrogen-bond acceptors (Lipinski definition) is 2. The number of benzene rings is 2. The molecule has 0 aliphatic heterocycles. The normalized spacial score (nSPS) is 10.3. The molecule has 0 aromatic heterocycles. The van der Waals surface area contributed by atoms with Crippen LogP contribution in [0.2, 0.25) is 5.02 Å². The Balaban J connectivity index is 1.94. The Labute approximate surface area is 121 Å². The molecular weight excluding hydrogens is 281 g/mol. The van der Waals surface area contributed by atoms with Gasteiger partial charge in [0.1, 0.15) is 5.82 Å². The molecule has 0 saturated carbocycles. The first-order chi connectivity index (χ1) is 9.56. The van der Waals surface area contributed by atoms with Crippen molar-refractivity contribution in [3.8, 4) is 0 Å². The summed E-state index contributed by atoms with van der Waals surface area (Å²) >= 11 is 5.87. The fourth-order valence-electron chi connectivity index (χ4n) is 1.84. The summed E-state index contributed by atoms with van der Waals surface area (Å²) in [7, 11) is 0. The molecule has 20 heavy (non-hydrogen) atoms. The first-order valence-corrected chi connectivity index (χ1v) is 6.45. The number of carbonyl (C=O) groups is 1. The number of halogens is 2. The van der Waals surface area contributed by atoms with Crippen LogP contribution in [0.5, 0.6) is 0 Å². The van der Waals surface area contributed by atoms with Crippen LogP contribution in [0, 0.1) is 5.82 Å². The van der Waals surface area contributed by atoms with Crippen molar-refractivity contribution in [3.63, 3.8) is 0 Å². The zero-order valence-electron chi connectivity index (χ0n) is 10.6. The van der Waals surface area contributed by atoms with E-state index in [1.165, 1.54) is 18.2 Å². The second-order valence-corrected chi connectivity index (χ2v) is 4.71. The lowest BCUT2D eigenvalue weighted by atomic mass is 10.1. The SMILES string of the molecule is O=C(O)c1ccc(NCCc2cccc(F)c2)cc1Cl. The lowest BCUT2D eigenvalue weighted by Crippen LogP contribution is -2.06. The summed E-state index contributed by atoms with van der Waals surface area (Å²) in [6.45, 7) is 0.603. The summed E-state index contributed by atoms with van der Waals surface area (Å²) in [5.74, 6) is -1.31. The largest absolute Gasteiger partial charge is 0.478 e. The maximum absolute atomic E-state index is 13.0. The summed E-state index contributed by atoms with van der Waals surface area (Å²) in [6, 6.07) is 11.1. The van der Waals surface area contributed by atoms with E-state index < -0.39 is 5.97 Å². The summed E-state index contributed by atoms with van der Waals surface area (Å²) in [4.78, 5) is 10.8. The van der Waals surface area contributed by atoms with Gasteiger partial charge >= 0.3 is 5.97 Å². The lowest BCUT2D eigenvalue weighted by Gasteiger charge is -2.08. The lowest BCUT2D eigenvalue weighted by molar-refractivity contribution is 0.0697. The van der Waals surface area contributed by atoms with Gasteiger partial charge in [-0.3, -0.25) is 0 Å². The van der Waals surface area contributed by atoms with E-state index in [9.17, 15) is 9.18 Å². The fraction of sp³-hybridized carbons (Fsp3) is 0.133. The third-order valence-electron chi connectivity index (χ3n) is 2.83. The van der Waals surface area contributed by atoms with Gasteiger partial charge in [0.15, 0.2) is 0 Å². The molecule has 2 rings (SSSR count). The zero-order valence-corrected chi connectivity index (χ0v) is 11.3. The molecule has 0 unspecified atom stereocenters. The molecule has 104 valence electrons. The average Bonchev–Trinajstić information content (AvgIpc) is 2.38. The van der Waals surface area contributed by atoms with Crippen LogP contribution in [0.3, 0.4) is 0 Å². The second kappa shape index (κ2) is 6.39. The molecule has 0 heterocycles. The number of rotatable bonds is 5. The Morgan fingerprint density at radius 2 is 2.05 bits per heavy atom. The second-order valence-electron chi connectivity index (χ2n) is 4.31. The van der Waals surface area contributed by atoms with Crippen molar-refractivity contribution in [1.29, 1.82) is 0 Å². The van der Waals surface area contributed by atoms with Crippen LogP contribution < -0.4 is 5.32 Å². The van der Waals surface area contributed by atoms with Crippen molar-refractivity contribution in [2.75, 3.05) is 11.9 Å². The minimum Gasteiger partial charge on any atom is -0.478 e. The Kier molecular flexibility index (Phi) is 4.58. The summed E-state index contributed by atoms with van der Waals surface area (Å²) in [5.41, 5.74) is 1.70. The molecule has 0 spiro atoms. The number of aromatic carboxylic acids is 1. The summed E-state index contributed by atoms with van der Waals surface area (Å²) in [5, 5.41) is 12.2. The maximum atomic E-state index is 13.0. The molecular formula is C15H13ClFNO2. The van der Waals surface area contributed by atoms with Crippen molar-refractivity contribution < 1.29 is 14.3 Å². The van der Waals surface area contributed by atoms with Crippen LogP contribution in [-0.4, -0.2) is 17.6 Å². The summed E-state index contributed by atoms with van der Waals surface area (Å²) in [6.07, 6.45) is 0.663. The van der Waals surface area contributed by atoms with E-state index in [0.29, 0.717) is 13.0 Å². The Bertz CT molecular complexity index is 631. The van der Waals surface area contributed by atoms with Gasteiger partial charge in [-0.05, 0) is 42.3 Å². The maximum Gasteiger partial charge on any atom is 0.337 e. The van der Waals surface area contributed by atoms with Gasteiger partial charge in [-0.25, -0.2) is 9.18 Å². The van der Waals surface area contributed by atoms with Crippen molar-refractivity contribution in [2.24, 2.45) is 0 Å². The van der Waals surface area contributed by atoms with Gasteiger partial charge in [-0.15, -0.1) is 0 Å². The Morgan fingerprint density at radius 3 is 2.70 bits per heavy atom. The van der Waals surface area contributed by atoms with Gasteiger partial charge in [-0.1, -0.05) is 23.7 Å². The molecule has 0 atom stereocenters. The highest BCUT2D eigenvalue weighted by Crippen LogP contribution is 2.21. The van der Waals surface area contributed by atoms with Gasteiger partial charge in [-0.2, -0.15) is 0 Å². The van der Waals surface area contributed by atoms with E-state index >= 15 is 0 Å². The Morgan fingerprint density at radius 1 is 1.25 bits per heavy atom. The number of nitrogens with one attached hydrogen (secondary N) is 1. The number of anilines is 1. The van der Waals surface area contributed by atoms with Crippen LogP contribution in [-0.2, 0) is 6.42 Å². The minimum atomic E-state index is -1.05. The molecule has 0 saturated heterocycles. The molecule has 0 aliphatic carbocycles. The van der Waals surface area contributed by atoms with Crippen molar-refractivity contribution in [3.05, 3.63) is 64.4 Å². The number of hydrogen-bond donors (Lipinski definition) is 2. The Hall–Kier alpha value is -2.07. The third-order valence-corrected chi connectivity index (χ3v) is 3.14. The topological polar surface area (TPSA) is 49.3 Å². The van der Waals surface area contributed by atoms with Gasteiger partial charge in [0.05, 0.1) is 10.6 Å². The fourth-order valence-corrected chi connectivity index (χ4v) is 2.10. The molecule has 0 bridgehead atoms. The van der Waals surface area contributed by atoms with E-state index in [4.69, 9.17) is 16.7 Å². The molecule has 0 aliphatic rings. The van der Waals surface area contributed by atoms with E-state index in [-0.39, 0.29) is 16.4 Å². The van der Waals surface area contributed by atoms with Crippen LogP contribution >= 0.6 is 11.6 Å². The van der Waals surface area contributed by atoms with Crippen LogP contribution in [0.15, 0.2) is 42.5 Å². The highest BCUT2D eigenvalue weighted by Gasteiger charge is 2.08. The summed E-state index contributed by atoms with van der Waals surface area (Å²) < 4.78 is 13.0. The monoisotopic (exact) mass is 293 g/mol. The first kappa shape index (κ1) is 14.3. The molecule has 0 amide bonds. The molecule has 5 heteroatoms. The standard InChI is InChI=1S/C15H13ClFNO2/c16-14-9-12(4-5-13(14)15(19)20)18-7-6-10-2-1-3-11(17)8-10/h1-5,8-9,18H,6-7H2,(H,19,20). The average molecular weight is 294 g/mol. The molecule has 0 fully saturated rings. The van der Waals surface area contributed by atoms with E-state index in [1.54, 1.807) is 18.2 Å². The van der Waals surface area contributed by atoms with Crippen molar-refractivity contribution in [1.82, 2.24) is 0 Å². The van der Waals surface area contributed by atoms with Crippen LogP contribution in [0.1, 0.15) is 15.9 Å². The highest BCUT2D eigenvalue weighted by atomic mass is 35.5. The van der Waals surface area contributed by atoms with Crippen LogP contribution in [0.4, 0.5) is 10.1 Å². The predicted molar refractivity (Wildman–Crippen MR) is 77.0 cm³/mol. The van der Waals surface area contributed by atoms with E-state index in [1.807, 2.05) is 6.07 Å². The predicted octanol–water partition coefficient (Wildman–Crippen LogP) is 3.83. The quantitative estimate of drug-likeness (QED) is 0.881. The third kappa shape index (κ3) is 3.71. The molecule has 2 aromatic rings. The first-order valence-electron chi connectivity index (χ1n) is 6.07. The van der Waals surface area contributed by atoms with Crippen molar-refractivity contribution >= 4 is 23.3 Å². The molecule has 3 nitrogen and oxygen atoms in total. The molecule has 2 N–H and O–H groups in total. The minimum absolute atomic E-state index is 0.0716. The van der Waals surface area contributed by atoms with Crippen LogP contribution in [0.25, 0.3) is 0 Å². The number of carboxylic acid groups (broad SMARTS) is 1. The number of carboxylic acids is 1. The highest BCUT2D eigenvalue weighted by molar-refractivity contribution is 6.33. The van der Waals surface area contributed by atoms with Gasteiger partial charge in [0.25, 0.3) is 0 Å². The molecule has 0 radical (unpaired) electrons. The van der Waals surface area contributed by atoms with Gasteiger partial charge in [0, 0.05) is 12.2 Å². The van der Waals surface area contributed by atoms with E-state index in [0.717, 1.165) is 11.3 Å². The van der Waals surface area contributed by atoms with Gasteiger partial charge < -0.3 is 10.4 Å². The van der Waals surface area contributed by atoms with E-state index in [2.05, 4.69) is 5.32 Å².